The number of halogens is 5. The fourth-order valence-corrected chi connectivity index (χ4v) is 0.760. The van der Waals surface area contributed by atoms with E-state index >= 15 is 0 Å². The molecule has 0 fully saturated rings. The predicted molar refractivity (Wildman–Crippen MR) is 31.4 cm³/mol. The molecule has 0 saturated heterocycles. The van der Waals surface area contributed by atoms with Crippen LogP contribution >= 0.6 is 0 Å². The van der Waals surface area contributed by atoms with Crippen LogP contribution in [-0.2, 0) is 0 Å². The second kappa shape index (κ2) is 2.76. The van der Waals surface area contributed by atoms with Crippen LogP contribution in [0.25, 0.3) is 0 Å². The van der Waals surface area contributed by atoms with E-state index in [1.807, 2.05) is 0 Å². The number of alkyl halides is 2. The standard InChI is InChI=1S/C6H4F5N/c7-1-2(8)4(10)6(12)5(11)3(1)9/h1-2H,12H2. The minimum absolute atomic E-state index is 1.31. The van der Waals surface area contributed by atoms with Crippen molar-refractivity contribution in [1.82, 2.24) is 0 Å². The topological polar surface area (TPSA) is 26.0 Å². The summed E-state index contributed by atoms with van der Waals surface area (Å²) in [7, 11) is 0. The highest BCUT2D eigenvalue weighted by Gasteiger charge is 2.39. The maximum atomic E-state index is 12.3. The molecule has 12 heavy (non-hydrogen) atoms. The molecule has 1 aliphatic carbocycles. The van der Waals surface area contributed by atoms with Gasteiger partial charge in [0.05, 0.1) is 0 Å². The van der Waals surface area contributed by atoms with Gasteiger partial charge >= 0.3 is 0 Å². The highest BCUT2D eigenvalue weighted by Crippen LogP contribution is 2.34. The van der Waals surface area contributed by atoms with Gasteiger partial charge in [0.25, 0.3) is 0 Å². The highest BCUT2D eigenvalue weighted by molar-refractivity contribution is 5.36. The Morgan fingerprint density at radius 2 is 1.33 bits per heavy atom. The molecule has 1 rings (SSSR count). The molecule has 1 aliphatic rings. The van der Waals surface area contributed by atoms with E-state index < -0.39 is 35.5 Å². The Hall–Kier alpha value is -1.07. The third-order valence-corrected chi connectivity index (χ3v) is 1.44. The van der Waals surface area contributed by atoms with Gasteiger partial charge in [0.15, 0.2) is 29.8 Å². The molecule has 0 aromatic heterocycles. The molecule has 2 N–H and O–H groups in total. The lowest BCUT2D eigenvalue weighted by molar-refractivity contribution is 0.165. The Kier molecular flexibility index (Phi) is 2.08. The van der Waals surface area contributed by atoms with Gasteiger partial charge in [0, 0.05) is 0 Å². The summed E-state index contributed by atoms with van der Waals surface area (Å²) >= 11 is 0. The number of nitrogens with two attached hydrogens (primary N) is 1. The van der Waals surface area contributed by atoms with E-state index in [-0.39, 0.29) is 0 Å². The van der Waals surface area contributed by atoms with Gasteiger partial charge in [-0.3, -0.25) is 0 Å². The monoisotopic (exact) mass is 185 g/mol. The Labute approximate surface area is 64.3 Å². The number of rotatable bonds is 0. The first-order valence-electron chi connectivity index (χ1n) is 2.95. The summed E-state index contributed by atoms with van der Waals surface area (Å²) < 4.78 is 61.5. The minimum atomic E-state index is -2.93. The number of hydrogen-bond acceptors (Lipinski definition) is 1. The molecule has 0 aromatic rings. The van der Waals surface area contributed by atoms with E-state index in [0.29, 0.717) is 0 Å². The average molecular weight is 185 g/mol. The molecule has 0 bridgehead atoms. The lowest BCUT2D eigenvalue weighted by Crippen LogP contribution is -2.27. The molecule has 6 heteroatoms. The van der Waals surface area contributed by atoms with Crippen LogP contribution in [-0.4, -0.2) is 12.3 Å². The lowest BCUT2D eigenvalue weighted by atomic mass is 10.1. The van der Waals surface area contributed by atoms with Crippen LogP contribution in [0.2, 0.25) is 0 Å². The zero-order valence-corrected chi connectivity index (χ0v) is 5.62. The van der Waals surface area contributed by atoms with Crippen molar-refractivity contribution in [2.45, 2.75) is 12.3 Å². The Morgan fingerprint density at radius 1 is 0.917 bits per heavy atom. The maximum Gasteiger partial charge on any atom is 0.192 e. The van der Waals surface area contributed by atoms with Crippen LogP contribution in [0.1, 0.15) is 0 Å². The van der Waals surface area contributed by atoms with Gasteiger partial charge in [-0.15, -0.1) is 0 Å². The van der Waals surface area contributed by atoms with E-state index in [0.717, 1.165) is 0 Å². The van der Waals surface area contributed by atoms with Crippen LogP contribution in [0.4, 0.5) is 22.0 Å². The van der Waals surface area contributed by atoms with Gasteiger partial charge < -0.3 is 5.73 Å². The van der Waals surface area contributed by atoms with Crippen LogP contribution in [0.15, 0.2) is 23.2 Å². The Bertz CT molecular complexity index is 241. The van der Waals surface area contributed by atoms with Crippen LogP contribution in [0, 0.1) is 0 Å². The summed E-state index contributed by atoms with van der Waals surface area (Å²) in [6, 6.07) is 0. The number of allylic oxidation sites excluding steroid dienone is 3. The number of hydrogen-bond donors (Lipinski definition) is 1. The van der Waals surface area contributed by atoms with Crippen molar-refractivity contribution >= 4 is 0 Å². The lowest BCUT2D eigenvalue weighted by Gasteiger charge is -2.17. The smallest absolute Gasteiger partial charge is 0.192 e. The highest BCUT2D eigenvalue weighted by atomic mass is 19.2. The van der Waals surface area contributed by atoms with Gasteiger partial charge in [-0.05, 0) is 0 Å². The van der Waals surface area contributed by atoms with E-state index in [9.17, 15) is 22.0 Å². The van der Waals surface area contributed by atoms with Gasteiger partial charge in [-0.1, -0.05) is 0 Å². The predicted octanol–water partition coefficient (Wildman–Crippen LogP) is 1.97. The summed E-state index contributed by atoms with van der Waals surface area (Å²) in [6.07, 6.45) is -5.78. The quantitative estimate of drug-likeness (QED) is 0.573. The maximum absolute atomic E-state index is 12.3. The third-order valence-electron chi connectivity index (χ3n) is 1.44. The first-order valence-corrected chi connectivity index (χ1v) is 2.95. The van der Waals surface area contributed by atoms with E-state index in [2.05, 4.69) is 5.73 Å². The zero-order valence-electron chi connectivity index (χ0n) is 5.62. The van der Waals surface area contributed by atoms with Gasteiger partial charge in [-0.2, -0.15) is 0 Å². The molecule has 0 saturated carbocycles. The van der Waals surface area contributed by atoms with Crippen LogP contribution in [0.3, 0.4) is 0 Å². The fraction of sp³-hybridized carbons (Fsp3) is 0.333. The largest absolute Gasteiger partial charge is 0.394 e. The molecule has 2 atom stereocenters. The normalized spacial score (nSPS) is 31.4. The van der Waals surface area contributed by atoms with Crippen molar-refractivity contribution in [1.29, 1.82) is 0 Å². The van der Waals surface area contributed by atoms with E-state index in [1.54, 1.807) is 0 Å². The molecular weight excluding hydrogens is 181 g/mol. The third kappa shape index (κ3) is 1.07. The molecule has 68 valence electrons. The molecule has 0 heterocycles. The molecule has 0 amide bonds. The summed E-state index contributed by atoms with van der Waals surface area (Å²) in [5, 5.41) is 0. The van der Waals surface area contributed by atoms with Crippen molar-refractivity contribution in [3.63, 3.8) is 0 Å². The van der Waals surface area contributed by atoms with Crippen molar-refractivity contribution < 1.29 is 22.0 Å². The van der Waals surface area contributed by atoms with Gasteiger partial charge in [0.2, 0.25) is 0 Å². The minimum Gasteiger partial charge on any atom is -0.394 e. The van der Waals surface area contributed by atoms with Crippen molar-refractivity contribution in [2.75, 3.05) is 0 Å². The summed E-state index contributed by atoms with van der Waals surface area (Å²) in [5.41, 5.74) is 3.28. The van der Waals surface area contributed by atoms with Gasteiger partial charge in [0.1, 0.15) is 5.70 Å². The summed E-state index contributed by atoms with van der Waals surface area (Å²) in [6.45, 7) is 0. The van der Waals surface area contributed by atoms with Crippen LogP contribution in [0.5, 0.6) is 0 Å². The van der Waals surface area contributed by atoms with Gasteiger partial charge in [-0.25, -0.2) is 22.0 Å². The molecule has 0 aromatic carbocycles. The first kappa shape index (κ1) is 9.02. The molecule has 2 unspecified atom stereocenters. The van der Waals surface area contributed by atoms with Crippen LogP contribution < -0.4 is 5.73 Å². The van der Waals surface area contributed by atoms with E-state index in [4.69, 9.17) is 0 Å². The molecule has 0 spiro atoms. The summed E-state index contributed by atoms with van der Waals surface area (Å²) in [4.78, 5) is 0. The SMILES string of the molecule is NC1=C(F)C(F)C(F)C(F)=C1F. The summed E-state index contributed by atoms with van der Waals surface area (Å²) in [5.74, 6) is -5.67. The fourth-order valence-electron chi connectivity index (χ4n) is 0.760. The molecule has 0 radical (unpaired) electrons. The van der Waals surface area contributed by atoms with Crippen molar-refractivity contribution in [2.24, 2.45) is 5.73 Å². The molecular formula is C6H4F5N. The van der Waals surface area contributed by atoms with Crippen molar-refractivity contribution in [3.05, 3.63) is 23.2 Å². The van der Waals surface area contributed by atoms with Crippen molar-refractivity contribution in [3.8, 4) is 0 Å². The zero-order chi connectivity index (χ0) is 9.46. The second-order valence-electron chi connectivity index (χ2n) is 2.23. The average Bonchev–Trinajstić information content (AvgIpc) is 2.08. The second-order valence-corrected chi connectivity index (χ2v) is 2.23. The van der Waals surface area contributed by atoms with E-state index in [1.165, 1.54) is 0 Å². The Balaban J connectivity index is 3.18. The molecule has 1 nitrogen and oxygen atoms in total. The first-order chi connectivity index (χ1) is 5.46. The Morgan fingerprint density at radius 3 is 1.83 bits per heavy atom. The molecule has 0 aliphatic heterocycles.